The van der Waals surface area contributed by atoms with E-state index in [0.717, 1.165) is 6.42 Å². The summed E-state index contributed by atoms with van der Waals surface area (Å²) in [5.74, 6) is 0. The van der Waals surface area contributed by atoms with Crippen LogP contribution >= 0.6 is 0 Å². The molecule has 0 spiro atoms. The molecule has 2 aromatic rings. The molecule has 0 unspecified atom stereocenters. The first kappa shape index (κ1) is 12.1. The van der Waals surface area contributed by atoms with Gasteiger partial charge in [-0.2, -0.15) is 0 Å². The van der Waals surface area contributed by atoms with Crippen LogP contribution in [0.4, 0.5) is 0 Å². The summed E-state index contributed by atoms with van der Waals surface area (Å²) in [6.45, 7) is 0.579. The first-order valence-electron chi connectivity index (χ1n) is 6.52. The zero-order valence-corrected chi connectivity index (χ0v) is 10.3. The minimum Gasteiger partial charge on any atom is -0.258 e. The van der Waals surface area contributed by atoms with Crippen LogP contribution in [0.5, 0.6) is 0 Å². The van der Waals surface area contributed by atoms with E-state index in [9.17, 15) is 0 Å². The topological polar surface area (TPSA) is 23.8 Å². The van der Waals surface area contributed by atoms with Gasteiger partial charge in [-0.3, -0.25) is 5.73 Å². The van der Waals surface area contributed by atoms with Crippen molar-refractivity contribution in [3.8, 4) is 0 Å². The van der Waals surface area contributed by atoms with Crippen molar-refractivity contribution < 1.29 is 0 Å². The molecule has 0 aliphatic heterocycles. The van der Waals surface area contributed by atoms with E-state index in [2.05, 4.69) is 42.5 Å². The summed E-state index contributed by atoms with van der Waals surface area (Å²) in [5, 5.41) is 2.67. The van der Waals surface area contributed by atoms with Crippen LogP contribution in [0.15, 0.2) is 42.5 Å². The first-order chi connectivity index (χ1) is 8.40. The monoisotopic (exact) mass is 226 g/mol. The molecule has 0 fully saturated rings. The van der Waals surface area contributed by atoms with E-state index >= 15 is 0 Å². The largest absolute Gasteiger partial charge is 0.258 e. The Bertz CT molecular complexity index is 462. The minimum atomic E-state index is 0.579. The molecule has 0 saturated carbocycles. The lowest BCUT2D eigenvalue weighted by molar-refractivity contribution is 0.643. The third-order valence-corrected chi connectivity index (χ3v) is 3.21. The molecule has 0 atom stereocenters. The molecule has 2 rings (SSSR count). The first-order valence-corrected chi connectivity index (χ1v) is 6.52. The highest BCUT2D eigenvalue weighted by molar-refractivity contribution is 5.82. The third kappa shape index (κ3) is 3.57. The molecule has 17 heavy (non-hydrogen) atoms. The second-order valence-electron chi connectivity index (χ2n) is 4.60. The summed E-state index contributed by atoms with van der Waals surface area (Å²) in [4.78, 5) is 0. The molecule has 1 heteroatoms. The summed E-state index contributed by atoms with van der Waals surface area (Å²) in [6, 6.07) is 15.3. The summed E-state index contributed by atoms with van der Waals surface area (Å²) < 4.78 is 0. The van der Waals surface area contributed by atoms with Gasteiger partial charge in [-0.1, -0.05) is 55.3 Å². The van der Waals surface area contributed by atoms with Gasteiger partial charge in [-0.15, -0.1) is 0 Å². The van der Waals surface area contributed by atoms with Gasteiger partial charge >= 0.3 is 0 Å². The molecule has 1 radical (unpaired) electrons. The van der Waals surface area contributed by atoms with E-state index in [-0.39, 0.29) is 0 Å². The molecule has 2 aromatic carbocycles. The van der Waals surface area contributed by atoms with E-state index < -0.39 is 0 Å². The Morgan fingerprint density at radius 1 is 0.765 bits per heavy atom. The minimum absolute atomic E-state index is 0.579. The highest BCUT2D eigenvalue weighted by Gasteiger charge is 1.96. The summed E-state index contributed by atoms with van der Waals surface area (Å²) in [5.41, 5.74) is 8.53. The lowest BCUT2D eigenvalue weighted by atomic mass is 10.0. The molecule has 0 saturated heterocycles. The third-order valence-electron chi connectivity index (χ3n) is 3.21. The number of hydrogen-bond acceptors (Lipinski definition) is 0. The highest BCUT2D eigenvalue weighted by atomic mass is 14.5. The lowest BCUT2D eigenvalue weighted by Crippen LogP contribution is -1.88. The van der Waals surface area contributed by atoms with Gasteiger partial charge in [0.1, 0.15) is 0 Å². The summed E-state index contributed by atoms with van der Waals surface area (Å²) in [7, 11) is 0. The van der Waals surface area contributed by atoms with Crippen molar-refractivity contribution in [2.75, 3.05) is 6.54 Å². The smallest absolute Gasteiger partial charge is 0.00997 e. The average Bonchev–Trinajstić information content (AvgIpc) is 2.38. The summed E-state index contributed by atoms with van der Waals surface area (Å²) in [6.07, 6.45) is 5.93. The Balaban J connectivity index is 1.90. The van der Waals surface area contributed by atoms with Crippen LogP contribution in [0, 0.1) is 0 Å². The van der Waals surface area contributed by atoms with Crippen LogP contribution in [-0.4, -0.2) is 6.54 Å². The number of fused-ring (bicyclic) bond motifs is 1. The normalized spacial score (nSPS) is 10.9. The Morgan fingerprint density at radius 2 is 1.53 bits per heavy atom. The fourth-order valence-electron chi connectivity index (χ4n) is 2.20. The van der Waals surface area contributed by atoms with Crippen molar-refractivity contribution in [1.82, 2.24) is 5.73 Å². The maximum Gasteiger partial charge on any atom is 0.00997 e. The standard InChI is InChI=1S/C16H20N/c17-12-6-2-1-3-7-14-10-11-15-8-4-5-9-16(15)13-14/h4-5,8-11,13,17H,1-3,6-7,12H2. The molecule has 0 aromatic heterocycles. The van der Waals surface area contributed by atoms with Gasteiger partial charge in [0.25, 0.3) is 0 Å². The molecule has 1 N–H and O–H groups in total. The molecule has 0 amide bonds. The van der Waals surface area contributed by atoms with Gasteiger partial charge in [-0.05, 0) is 35.6 Å². The van der Waals surface area contributed by atoms with Gasteiger partial charge in [-0.25, -0.2) is 0 Å². The maximum atomic E-state index is 7.09. The Labute approximate surface area is 104 Å². The SMILES string of the molecule is [NH]CCCCCCc1ccc2ccccc2c1. The lowest BCUT2D eigenvalue weighted by Gasteiger charge is -2.04. The number of hydrogen-bond donors (Lipinski definition) is 0. The molecular weight excluding hydrogens is 206 g/mol. The van der Waals surface area contributed by atoms with E-state index in [1.807, 2.05) is 0 Å². The zero-order valence-electron chi connectivity index (χ0n) is 10.3. The average molecular weight is 226 g/mol. The molecular formula is C16H20N. The van der Waals surface area contributed by atoms with E-state index in [4.69, 9.17) is 5.73 Å². The van der Waals surface area contributed by atoms with E-state index in [0.29, 0.717) is 6.54 Å². The van der Waals surface area contributed by atoms with Crippen LogP contribution in [-0.2, 0) is 6.42 Å². The van der Waals surface area contributed by atoms with Crippen LogP contribution in [0.3, 0.4) is 0 Å². The molecule has 1 nitrogen and oxygen atoms in total. The number of aryl methyl sites for hydroxylation is 1. The molecule has 0 heterocycles. The molecule has 89 valence electrons. The van der Waals surface area contributed by atoms with Crippen molar-refractivity contribution >= 4 is 10.8 Å². The molecule has 0 aliphatic rings. The van der Waals surface area contributed by atoms with Gasteiger partial charge in [0, 0.05) is 6.54 Å². The maximum absolute atomic E-state index is 7.09. The number of rotatable bonds is 6. The van der Waals surface area contributed by atoms with E-state index in [1.54, 1.807) is 0 Å². The zero-order chi connectivity index (χ0) is 11.9. The van der Waals surface area contributed by atoms with Crippen LogP contribution in [0.25, 0.3) is 10.8 Å². The quantitative estimate of drug-likeness (QED) is 0.658. The number of nitrogens with one attached hydrogen (secondary N) is 1. The fraction of sp³-hybridized carbons (Fsp3) is 0.375. The van der Waals surface area contributed by atoms with Gasteiger partial charge < -0.3 is 0 Å². The number of unbranched alkanes of at least 4 members (excludes halogenated alkanes) is 3. The predicted molar refractivity (Wildman–Crippen MR) is 74.1 cm³/mol. The van der Waals surface area contributed by atoms with Crippen LogP contribution in [0.1, 0.15) is 31.2 Å². The van der Waals surface area contributed by atoms with Crippen LogP contribution in [0.2, 0.25) is 0 Å². The molecule has 0 bridgehead atoms. The van der Waals surface area contributed by atoms with Crippen molar-refractivity contribution in [3.05, 3.63) is 48.0 Å². The van der Waals surface area contributed by atoms with E-state index in [1.165, 1.54) is 42.0 Å². The van der Waals surface area contributed by atoms with Gasteiger partial charge in [0.05, 0.1) is 0 Å². The van der Waals surface area contributed by atoms with Gasteiger partial charge in [0.15, 0.2) is 0 Å². The van der Waals surface area contributed by atoms with Crippen LogP contribution < -0.4 is 5.73 Å². The van der Waals surface area contributed by atoms with Crippen molar-refractivity contribution in [2.45, 2.75) is 32.1 Å². The molecule has 0 aliphatic carbocycles. The van der Waals surface area contributed by atoms with Crippen molar-refractivity contribution in [2.24, 2.45) is 0 Å². The van der Waals surface area contributed by atoms with Crippen molar-refractivity contribution in [1.29, 1.82) is 0 Å². The van der Waals surface area contributed by atoms with Crippen molar-refractivity contribution in [3.63, 3.8) is 0 Å². The highest BCUT2D eigenvalue weighted by Crippen LogP contribution is 2.17. The Kier molecular flexibility index (Phi) is 4.57. The second-order valence-corrected chi connectivity index (χ2v) is 4.60. The van der Waals surface area contributed by atoms with Gasteiger partial charge in [0.2, 0.25) is 0 Å². The Morgan fingerprint density at radius 3 is 2.35 bits per heavy atom. The number of benzene rings is 2. The summed E-state index contributed by atoms with van der Waals surface area (Å²) >= 11 is 0. The fourth-order valence-corrected chi connectivity index (χ4v) is 2.20. The Hall–Kier alpha value is -1.34. The second kappa shape index (κ2) is 6.41. The predicted octanol–water partition coefficient (Wildman–Crippen LogP) is 4.23.